The SMILES string of the molecule is NS(=O)(=O)CCNC(=O)CCn1ccnc1. The summed E-state index contributed by atoms with van der Waals surface area (Å²) < 4.78 is 22.9. The lowest BCUT2D eigenvalue weighted by Gasteiger charge is -2.04. The Labute approximate surface area is 93.7 Å². The largest absolute Gasteiger partial charge is 0.355 e. The van der Waals surface area contributed by atoms with Gasteiger partial charge in [0.1, 0.15) is 0 Å². The number of nitrogens with zero attached hydrogens (tertiary/aromatic N) is 2. The molecule has 8 heteroatoms. The number of nitrogens with one attached hydrogen (secondary N) is 1. The molecule has 0 aliphatic heterocycles. The van der Waals surface area contributed by atoms with Crippen LogP contribution in [0.4, 0.5) is 0 Å². The maximum atomic E-state index is 11.2. The van der Waals surface area contributed by atoms with E-state index in [1.54, 1.807) is 23.3 Å². The van der Waals surface area contributed by atoms with Crippen LogP contribution in [0.25, 0.3) is 0 Å². The number of hydrogen-bond donors (Lipinski definition) is 2. The van der Waals surface area contributed by atoms with E-state index >= 15 is 0 Å². The summed E-state index contributed by atoms with van der Waals surface area (Å²) in [6, 6.07) is 0. The third-order valence-corrected chi connectivity index (χ3v) is 2.64. The Morgan fingerprint density at radius 2 is 2.25 bits per heavy atom. The van der Waals surface area contributed by atoms with Gasteiger partial charge in [0.05, 0.1) is 12.1 Å². The molecular weight excluding hydrogens is 232 g/mol. The van der Waals surface area contributed by atoms with E-state index in [9.17, 15) is 13.2 Å². The molecule has 0 saturated heterocycles. The van der Waals surface area contributed by atoms with Gasteiger partial charge >= 0.3 is 0 Å². The van der Waals surface area contributed by atoms with Crippen LogP contribution in [-0.2, 0) is 21.4 Å². The second-order valence-electron chi connectivity index (χ2n) is 3.27. The average molecular weight is 246 g/mol. The fourth-order valence-corrected chi connectivity index (χ4v) is 1.46. The van der Waals surface area contributed by atoms with Crippen LogP contribution in [0.5, 0.6) is 0 Å². The number of imidazole rings is 1. The number of hydrogen-bond acceptors (Lipinski definition) is 4. The van der Waals surface area contributed by atoms with E-state index < -0.39 is 10.0 Å². The number of primary sulfonamides is 1. The first kappa shape index (κ1) is 12.7. The van der Waals surface area contributed by atoms with Crippen LogP contribution < -0.4 is 10.5 Å². The van der Waals surface area contributed by atoms with Crippen LogP contribution in [0.2, 0.25) is 0 Å². The van der Waals surface area contributed by atoms with Crippen LogP contribution in [0.1, 0.15) is 6.42 Å². The van der Waals surface area contributed by atoms with Crippen molar-refractivity contribution in [1.82, 2.24) is 14.9 Å². The lowest BCUT2D eigenvalue weighted by Crippen LogP contribution is -2.31. The molecule has 1 aromatic rings. The number of nitrogens with two attached hydrogens (primary N) is 1. The first-order valence-electron chi connectivity index (χ1n) is 4.70. The fraction of sp³-hybridized carbons (Fsp3) is 0.500. The van der Waals surface area contributed by atoms with Crippen molar-refractivity contribution >= 4 is 15.9 Å². The van der Waals surface area contributed by atoms with Gasteiger partial charge in [0, 0.05) is 31.9 Å². The van der Waals surface area contributed by atoms with Crippen molar-refractivity contribution in [1.29, 1.82) is 0 Å². The highest BCUT2D eigenvalue weighted by Gasteiger charge is 2.05. The summed E-state index contributed by atoms with van der Waals surface area (Å²) in [6.07, 6.45) is 5.26. The maximum Gasteiger partial charge on any atom is 0.221 e. The minimum absolute atomic E-state index is 0.0432. The van der Waals surface area contributed by atoms with E-state index in [2.05, 4.69) is 10.3 Å². The van der Waals surface area contributed by atoms with Crippen LogP contribution in [0.15, 0.2) is 18.7 Å². The smallest absolute Gasteiger partial charge is 0.221 e. The molecule has 1 aromatic heterocycles. The molecule has 3 N–H and O–H groups in total. The molecule has 1 rings (SSSR count). The Hall–Kier alpha value is -1.41. The summed E-state index contributed by atoms with van der Waals surface area (Å²) in [6.45, 7) is 0.558. The molecule has 0 aliphatic rings. The second-order valence-corrected chi connectivity index (χ2v) is 5.00. The molecule has 0 unspecified atom stereocenters. The van der Waals surface area contributed by atoms with Crippen molar-refractivity contribution in [3.05, 3.63) is 18.7 Å². The summed E-state index contributed by atoms with van der Waals surface area (Å²) in [5.41, 5.74) is 0. The highest BCUT2D eigenvalue weighted by atomic mass is 32.2. The highest BCUT2D eigenvalue weighted by molar-refractivity contribution is 7.89. The molecule has 1 amide bonds. The van der Waals surface area contributed by atoms with Gasteiger partial charge in [-0.3, -0.25) is 4.79 Å². The number of aryl methyl sites for hydroxylation is 1. The quantitative estimate of drug-likeness (QED) is 0.649. The predicted molar refractivity (Wildman–Crippen MR) is 57.8 cm³/mol. The van der Waals surface area contributed by atoms with Gasteiger partial charge in [-0.2, -0.15) is 0 Å². The summed E-state index contributed by atoms with van der Waals surface area (Å²) in [7, 11) is -3.51. The zero-order chi connectivity index (χ0) is 12.0. The van der Waals surface area contributed by atoms with Gasteiger partial charge in [-0.15, -0.1) is 0 Å². The molecule has 90 valence electrons. The zero-order valence-corrected chi connectivity index (χ0v) is 9.48. The fourth-order valence-electron chi connectivity index (χ4n) is 1.07. The van der Waals surface area contributed by atoms with Gasteiger partial charge in [-0.25, -0.2) is 18.5 Å². The number of carbonyl (C=O) groups is 1. The first-order chi connectivity index (χ1) is 7.47. The van der Waals surface area contributed by atoms with Crippen molar-refractivity contribution in [3.63, 3.8) is 0 Å². The number of aromatic nitrogens is 2. The van der Waals surface area contributed by atoms with Gasteiger partial charge in [-0.05, 0) is 0 Å². The maximum absolute atomic E-state index is 11.2. The van der Waals surface area contributed by atoms with E-state index in [-0.39, 0.29) is 24.6 Å². The van der Waals surface area contributed by atoms with Gasteiger partial charge < -0.3 is 9.88 Å². The normalized spacial score (nSPS) is 11.3. The van der Waals surface area contributed by atoms with E-state index in [1.165, 1.54) is 0 Å². The second kappa shape index (κ2) is 5.61. The molecule has 0 fully saturated rings. The number of amides is 1. The molecule has 0 spiro atoms. The zero-order valence-electron chi connectivity index (χ0n) is 8.67. The molecule has 0 bridgehead atoms. The number of carbonyl (C=O) groups excluding carboxylic acids is 1. The van der Waals surface area contributed by atoms with Crippen LogP contribution in [-0.4, -0.2) is 36.2 Å². The Morgan fingerprint density at radius 3 is 2.81 bits per heavy atom. The minimum atomic E-state index is -3.51. The van der Waals surface area contributed by atoms with Gasteiger partial charge in [0.2, 0.25) is 15.9 Å². The Kier molecular flexibility index (Phi) is 4.44. The third-order valence-electron chi connectivity index (χ3n) is 1.87. The molecule has 0 aromatic carbocycles. The summed E-state index contributed by atoms with van der Waals surface area (Å²) in [5, 5.41) is 7.25. The van der Waals surface area contributed by atoms with Crippen molar-refractivity contribution in [2.45, 2.75) is 13.0 Å². The van der Waals surface area contributed by atoms with Gasteiger partial charge in [0.15, 0.2) is 0 Å². The van der Waals surface area contributed by atoms with E-state index in [1.807, 2.05) is 0 Å². The van der Waals surface area contributed by atoms with E-state index in [0.29, 0.717) is 6.54 Å². The number of rotatable bonds is 6. The molecule has 0 atom stereocenters. The molecule has 0 aliphatic carbocycles. The van der Waals surface area contributed by atoms with Crippen LogP contribution >= 0.6 is 0 Å². The summed E-state index contributed by atoms with van der Waals surface area (Å²) in [4.78, 5) is 15.1. The van der Waals surface area contributed by atoms with Crippen molar-refractivity contribution in [2.24, 2.45) is 5.14 Å². The molecule has 7 nitrogen and oxygen atoms in total. The summed E-state index contributed by atoms with van der Waals surface area (Å²) >= 11 is 0. The molecule has 16 heavy (non-hydrogen) atoms. The Morgan fingerprint density at radius 1 is 1.50 bits per heavy atom. The molecule has 1 heterocycles. The van der Waals surface area contributed by atoms with Gasteiger partial charge in [0.25, 0.3) is 0 Å². The van der Waals surface area contributed by atoms with Gasteiger partial charge in [-0.1, -0.05) is 0 Å². The average Bonchev–Trinajstić information content (AvgIpc) is 2.65. The first-order valence-corrected chi connectivity index (χ1v) is 6.42. The van der Waals surface area contributed by atoms with Crippen LogP contribution in [0.3, 0.4) is 0 Å². The van der Waals surface area contributed by atoms with Crippen LogP contribution in [0, 0.1) is 0 Å². The third kappa shape index (κ3) is 5.47. The van der Waals surface area contributed by atoms with E-state index in [4.69, 9.17) is 5.14 Å². The van der Waals surface area contributed by atoms with E-state index in [0.717, 1.165) is 0 Å². The lowest BCUT2D eigenvalue weighted by atomic mass is 10.4. The molecular formula is C8H14N4O3S. The van der Waals surface area contributed by atoms with Crippen molar-refractivity contribution in [3.8, 4) is 0 Å². The van der Waals surface area contributed by atoms with Crippen molar-refractivity contribution < 1.29 is 13.2 Å². The lowest BCUT2D eigenvalue weighted by molar-refractivity contribution is -0.121. The topological polar surface area (TPSA) is 107 Å². The minimum Gasteiger partial charge on any atom is -0.355 e. The molecule has 0 radical (unpaired) electrons. The molecule has 0 saturated carbocycles. The predicted octanol–water partition coefficient (Wildman–Crippen LogP) is -1.32. The standard InChI is InChI=1S/C8H14N4O3S/c9-16(14,15)6-3-11-8(13)1-4-12-5-2-10-7-12/h2,5,7H,1,3-4,6H2,(H,11,13)(H2,9,14,15). The van der Waals surface area contributed by atoms with Crippen molar-refractivity contribution in [2.75, 3.05) is 12.3 Å². The monoisotopic (exact) mass is 246 g/mol. The Bertz CT molecular complexity index is 426. The number of sulfonamides is 1. The highest BCUT2D eigenvalue weighted by Crippen LogP contribution is 1.90. The Balaban J connectivity index is 2.17. The summed E-state index contributed by atoms with van der Waals surface area (Å²) in [5.74, 6) is -0.457.